The van der Waals surface area contributed by atoms with E-state index in [1.165, 1.54) is 0 Å². The Kier molecular flexibility index (Phi) is 729. The second-order valence-corrected chi connectivity index (χ2v) is 0. The zero-order valence-electron chi connectivity index (χ0n) is 5.51. The molecule has 0 unspecified atom stereocenters. The molecule has 0 rings (SSSR count). The quantitative estimate of drug-likeness (QED) is 0.464. The van der Waals surface area contributed by atoms with Crippen LogP contribution in [0.15, 0.2) is 0 Å². The van der Waals surface area contributed by atoms with Gasteiger partial charge in [-0.3, -0.25) is 8.78 Å². The van der Waals surface area contributed by atoms with Crippen molar-refractivity contribution in [2.75, 3.05) is 24.2 Å². The zero-order valence-corrected chi connectivity index (χ0v) is 9.83. The number of halogens is 4. The first kappa shape index (κ1) is 22.8. The number of hydrogen-bond donors (Lipinski definition) is 0. The number of hydrogen-bond acceptors (Lipinski definition) is 0. The summed E-state index contributed by atoms with van der Waals surface area (Å²) < 4.78 is 19.0. The van der Waals surface area contributed by atoms with Crippen LogP contribution >= 0.6 is 45.2 Å². The van der Waals surface area contributed by atoms with Crippen molar-refractivity contribution < 1.29 is 8.78 Å². The maximum atomic E-state index is 9.50. The summed E-state index contributed by atoms with van der Waals surface area (Å²) >= 11 is 4.30. The van der Waals surface area contributed by atoms with E-state index < -0.39 is 0 Å². The van der Waals surface area contributed by atoms with Crippen molar-refractivity contribution in [3.05, 3.63) is 0 Å². The van der Waals surface area contributed by atoms with E-state index in [4.69, 9.17) is 0 Å². The lowest BCUT2D eigenvalue weighted by atomic mass is 11.9. The van der Waals surface area contributed by atoms with E-state index in [0.717, 1.165) is 0 Å². The van der Waals surface area contributed by atoms with Crippen LogP contribution in [0, 0.1) is 0 Å². The van der Waals surface area contributed by atoms with E-state index in [0.29, 0.717) is 14.4 Å². The largest absolute Gasteiger partial charge is 0.255 e. The molecule has 8 heavy (non-hydrogen) atoms. The van der Waals surface area contributed by atoms with Crippen LogP contribution < -0.4 is 0 Å². The highest BCUT2D eigenvalue weighted by Gasteiger charge is 0.952. The van der Waals surface area contributed by atoms with Crippen molar-refractivity contribution in [3.8, 4) is 0 Å². The van der Waals surface area contributed by atoms with E-state index in [1.54, 1.807) is 0 Å². The number of rotatable bonds is 0. The molecule has 0 spiro atoms. The topological polar surface area (TPSA) is 0 Å². The highest BCUT2D eigenvalue weighted by molar-refractivity contribution is 14.1. The molecule has 0 amide bonds. The fourth-order valence-corrected chi connectivity index (χ4v) is 0. The first-order valence-electron chi connectivity index (χ1n) is 1.51. The molecule has 0 saturated heterocycles. The Hall–Kier alpha value is 1.32. The monoisotopic (exact) mass is 352 g/mol. The zero-order chi connectivity index (χ0) is 8.00. The van der Waals surface area contributed by atoms with Gasteiger partial charge in [-0.05, 0) is 9.86 Å². The van der Waals surface area contributed by atoms with E-state index in [2.05, 4.69) is 45.2 Å². The van der Waals surface area contributed by atoms with Crippen molar-refractivity contribution >= 4 is 45.2 Å². The molecule has 0 aromatic rings. The average molecular weight is 352 g/mol. The average Bonchev–Trinajstić information content (AvgIpc) is 2.03. The smallest absolute Gasteiger partial charge is 0.0785 e. The molecule has 0 heterocycles. The van der Waals surface area contributed by atoms with Gasteiger partial charge in [0.25, 0.3) is 0 Å². The Morgan fingerprint density at radius 1 is 0.625 bits per heavy atom. The van der Waals surface area contributed by atoms with E-state index in [9.17, 15) is 8.78 Å². The van der Waals surface area contributed by atoms with Crippen LogP contribution in [-0.2, 0) is 0 Å². The molecular formula is C4H12F2I2. The minimum atomic E-state index is 0.500. The molecule has 0 aromatic carbocycles. The summed E-state index contributed by atoms with van der Waals surface area (Å²) in [6, 6.07) is 0. The second-order valence-electron chi connectivity index (χ2n) is 0. The lowest BCUT2D eigenvalue weighted by molar-refractivity contribution is 0.635. The third-order valence-corrected chi connectivity index (χ3v) is 0. The first-order chi connectivity index (χ1) is 4.00. The van der Waals surface area contributed by atoms with Gasteiger partial charge in [-0.1, -0.05) is 45.2 Å². The van der Waals surface area contributed by atoms with Gasteiger partial charge < -0.3 is 0 Å². The number of alkyl halides is 4. The predicted octanol–water partition coefficient (Wildman–Crippen LogP) is 3.27. The van der Waals surface area contributed by atoms with Gasteiger partial charge in [0.15, 0.2) is 0 Å². The lowest BCUT2D eigenvalue weighted by Gasteiger charge is -1.10. The Bertz CT molecular complexity index is 12.0. The highest BCUT2D eigenvalue weighted by atomic mass is 127. The van der Waals surface area contributed by atoms with E-state index in [-0.39, 0.29) is 0 Å². The molecule has 0 radical (unpaired) electrons. The highest BCUT2D eigenvalue weighted by Crippen LogP contribution is 1.48. The van der Waals surface area contributed by atoms with Gasteiger partial charge in [0.05, 0.1) is 14.4 Å². The van der Waals surface area contributed by atoms with Gasteiger partial charge >= 0.3 is 0 Å². The molecule has 56 valence electrons. The van der Waals surface area contributed by atoms with Crippen LogP contribution in [-0.4, -0.2) is 24.2 Å². The summed E-state index contributed by atoms with van der Waals surface area (Å²) in [5.74, 6) is 0. The summed E-state index contributed by atoms with van der Waals surface area (Å²) in [7, 11) is 1.00. The molecular weight excluding hydrogens is 340 g/mol. The van der Waals surface area contributed by atoms with Gasteiger partial charge in [0.2, 0.25) is 0 Å². The van der Waals surface area contributed by atoms with Crippen LogP contribution in [0.5, 0.6) is 0 Å². The Morgan fingerprint density at radius 3 is 0.625 bits per heavy atom. The van der Waals surface area contributed by atoms with Crippen molar-refractivity contribution in [3.63, 3.8) is 0 Å². The third kappa shape index (κ3) is 168. The minimum absolute atomic E-state index is 0.500. The van der Waals surface area contributed by atoms with Gasteiger partial charge in [0, 0.05) is 0 Å². The molecule has 0 aliphatic rings. The van der Waals surface area contributed by atoms with Crippen LogP contribution in [0.4, 0.5) is 8.78 Å². The Morgan fingerprint density at radius 2 is 0.625 bits per heavy atom. The van der Waals surface area contributed by atoms with Gasteiger partial charge in [0.1, 0.15) is 0 Å². The Balaban J connectivity index is -0.0000000133. The standard InChI is InChI=1S/2CH3F.2CH3I/c4*1-2/h4*1H3. The van der Waals surface area contributed by atoms with Crippen LogP contribution in [0.1, 0.15) is 0 Å². The van der Waals surface area contributed by atoms with Crippen molar-refractivity contribution in [1.29, 1.82) is 0 Å². The molecule has 0 bridgehead atoms. The molecule has 0 aliphatic heterocycles. The van der Waals surface area contributed by atoms with Gasteiger partial charge in [-0.25, -0.2) is 0 Å². The van der Waals surface area contributed by atoms with Crippen LogP contribution in [0.25, 0.3) is 0 Å². The first-order valence-corrected chi connectivity index (χ1v) is 5.83. The summed E-state index contributed by atoms with van der Waals surface area (Å²) in [4.78, 5) is 3.94. The molecule has 0 atom stereocenters. The second kappa shape index (κ2) is 256. The molecule has 0 aromatic heterocycles. The molecule has 4 heteroatoms. The summed E-state index contributed by atoms with van der Waals surface area (Å²) in [6.45, 7) is 0. The molecule has 0 saturated carbocycles. The maximum absolute atomic E-state index is 9.50. The van der Waals surface area contributed by atoms with Crippen molar-refractivity contribution in [2.24, 2.45) is 0 Å². The summed E-state index contributed by atoms with van der Waals surface area (Å²) in [5.41, 5.74) is 0. The third-order valence-electron chi connectivity index (χ3n) is 0. The summed E-state index contributed by atoms with van der Waals surface area (Å²) in [5, 5.41) is 0. The van der Waals surface area contributed by atoms with Crippen molar-refractivity contribution in [2.45, 2.75) is 0 Å². The molecule has 0 nitrogen and oxygen atoms in total. The fraction of sp³-hybridized carbons (Fsp3) is 1.00. The van der Waals surface area contributed by atoms with E-state index in [1.807, 2.05) is 9.86 Å². The fourth-order valence-electron chi connectivity index (χ4n) is 0. The normalized spacial score (nSPS) is 3.00. The lowest BCUT2D eigenvalue weighted by Crippen LogP contribution is -0.939. The maximum Gasteiger partial charge on any atom is 0.0785 e. The molecule has 0 aliphatic carbocycles. The predicted molar refractivity (Wildman–Crippen MR) is 54.0 cm³/mol. The molecule has 0 fully saturated rings. The van der Waals surface area contributed by atoms with Crippen LogP contribution in [0.3, 0.4) is 0 Å². The van der Waals surface area contributed by atoms with Gasteiger partial charge in [-0.15, -0.1) is 0 Å². The summed E-state index contributed by atoms with van der Waals surface area (Å²) in [6.07, 6.45) is 0. The SMILES string of the molecule is CF.CF.CI.CI. The van der Waals surface area contributed by atoms with Crippen LogP contribution in [0.2, 0.25) is 0 Å². The van der Waals surface area contributed by atoms with E-state index >= 15 is 0 Å². The Labute approximate surface area is 77.7 Å². The van der Waals surface area contributed by atoms with Crippen molar-refractivity contribution in [1.82, 2.24) is 0 Å². The minimum Gasteiger partial charge on any atom is -0.255 e. The molecule has 0 N–H and O–H groups in total. The van der Waals surface area contributed by atoms with Gasteiger partial charge in [-0.2, -0.15) is 0 Å².